The van der Waals surface area contributed by atoms with Gasteiger partial charge < -0.3 is 15.1 Å². The van der Waals surface area contributed by atoms with Crippen molar-refractivity contribution in [3.63, 3.8) is 0 Å². The number of anilines is 1. The Balaban J connectivity index is 1.71. The zero-order chi connectivity index (χ0) is 24.4. The number of aliphatic carboxylic acids is 1. The van der Waals surface area contributed by atoms with Gasteiger partial charge in [0.05, 0.1) is 22.4 Å². The van der Waals surface area contributed by atoms with E-state index in [9.17, 15) is 19.1 Å². The highest BCUT2D eigenvalue weighted by Crippen LogP contribution is 2.24. The predicted octanol–water partition coefficient (Wildman–Crippen LogP) is 3.42. The maximum absolute atomic E-state index is 14.0. The van der Waals surface area contributed by atoms with Gasteiger partial charge >= 0.3 is 5.97 Å². The number of β-amino-alcohol motifs (C(OH)–C–C–N with tert-alkyl or cyclic N) is 1. The van der Waals surface area contributed by atoms with Crippen molar-refractivity contribution in [3.8, 4) is 0 Å². The van der Waals surface area contributed by atoms with Gasteiger partial charge in [0.1, 0.15) is 11.5 Å². The Kier molecular flexibility index (Phi) is 7.08. The Bertz CT molecular complexity index is 1300. The van der Waals surface area contributed by atoms with Crippen LogP contribution in [0, 0.1) is 0 Å². The van der Waals surface area contributed by atoms with E-state index in [0.717, 1.165) is 22.7 Å². The van der Waals surface area contributed by atoms with Crippen LogP contribution in [0.1, 0.15) is 54.4 Å². The molecule has 0 aliphatic carbocycles. The molecule has 0 spiro atoms. The molecule has 3 aromatic heterocycles. The number of thiazole rings is 1. The summed E-state index contributed by atoms with van der Waals surface area (Å²) in [5.74, 6) is -2.65. The zero-order valence-electron chi connectivity index (χ0n) is 19.1. The molecular weight excluding hydrogens is 459 g/mol. The Labute approximate surface area is 200 Å². The number of aliphatic hydroxyl groups is 1. The third-order valence-corrected chi connectivity index (χ3v) is 6.80. The largest absolute Gasteiger partial charge is 0.476 e. The highest BCUT2D eigenvalue weighted by Gasteiger charge is 2.24. The zero-order valence-corrected chi connectivity index (χ0v) is 19.9. The lowest BCUT2D eigenvalue weighted by Gasteiger charge is -2.32. The van der Waals surface area contributed by atoms with Crippen LogP contribution in [0.15, 0.2) is 34.3 Å². The normalized spacial score (nSPS) is 17.0. The number of hydrogen-bond acceptors (Lipinski definition) is 7. The summed E-state index contributed by atoms with van der Waals surface area (Å²) in [5, 5.41) is 22.2. The molecule has 0 amide bonds. The predicted molar refractivity (Wildman–Crippen MR) is 129 cm³/mol. The fraction of sp³-hybridized carbons (Fsp3) is 0.417. The third-order valence-electron chi connectivity index (χ3n) is 5.87. The summed E-state index contributed by atoms with van der Waals surface area (Å²) >= 11 is 1.63. The molecule has 1 atom stereocenters. The average molecular weight is 487 g/mol. The van der Waals surface area contributed by atoms with Gasteiger partial charge in [0, 0.05) is 31.1 Å². The first-order valence-corrected chi connectivity index (χ1v) is 12.1. The number of nitrogens with zero attached hydrogens (tertiary/aromatic N) is 4. The highest BCUT2D eigenvalue weighted by atomic mass is 32.1. The van der Waals surface area contributed by atoms with Gasteiger partial charge in [-0.1, -0.05) is 13.8 Å². The van der Waals surface area contributed by atoms with E-state index in [1.54, 1.807) is 28.5 Å². The fourth-order valence-electron chi connectivity index (χ4n) is 4.00. The fourth-order valence-corrected chi connectivity index (χ4v) is 4.96. The standard InChI is InChI=1S/C24H27FN4O4S/c1-14(2)19-13-34-21(26-19)6-5-15-7-9-29-20(10-15)27-22(28-8-3-4-16(30)12-28)17(23(29)31)11-18(25)24(32)33/h7,9-11,13-14,16,30H,3-6,8,12H2,1-2H3,(H,32,33). The summed E-state index contributed by atoms with van der Waals surface area (Å²) in [6.07, 6.45) is 4.46. The van der Waals surface area contributed by atoms with Gasteiger partial charge in [-0.15, -0.1) is 11.3 Å². The second-order valence-electron chi connectivity index (χ2n) is 8.78. The lowest BCUT2D eigenvalue weighted by molar-refractivity contribution is -0.134. The quantitative estimate of drug-likeness (QED) is 0.493. The van der Waals surface area contributed by atoms with Crippen LogP contribution in [0.2, 0.25) is 0 Å². The summed E-state index contributed by atoms with van der Waals surface area (Å²) in [4.78, 5) is 35.3. The molecule has 1 unspecified atom stereocenters. The number of aliphatic hydroxyl groups excluding tert-OH is 1. The first kappa shape index (κ1) is 24.0. The SMILES string of the molecule is CC(C)c1csc(CCc2ccn3c(=O)c(C=C(F)C(=O)O)c(N4CCCC(O)C4)nc3c2)n1. The Morgan fingerprint density at radius 1 is 1.35 bits per heavy atom. The van der Waals surface area contributed by atoms with E-state index in [1.807, 2.05) is 6.07 Å². The van der Waals surface area contributed by atoms with Crippen molar-refractivity contribution >= 4 is 34.8 Å². The second-order valence-corrected chi connectivity index (χ2v) is 9.72. The molecule has 1 aliphatic rings. The smallest absolute Gasteiger partial charge is 0.364 e. The maximum atomic E-state index is 14.0. The number of hydrogen-bond donors (Lipinski definition) is 2. The van der Waals surface area contributed by atoms with Gasteiger partial charge in [-0.25, -0.2) is 14.8 Å². The minimum Gasteiger partial charge on any atom is -0.476 e. The Hall–Kier alpha value is -3.11. The summed E-state index contributed by atoms with van der Waals surface area (Å²) in [5.41, 5.74) is 1.72. The minimum atomic E-state index is -1.76. The first-order chi connectivity index (χ1) is 16.2. The number of rotatable bonds is 7. The monoisotopic (exact) mass is 486 g/mol. The molecule has 1 saturated heterocycles. The Morgan fingerprint density at radius 2 is 2.15 bits per heavy atom. The van der Waals surface area contributed by atoms with E-state index in [0.29, 0.717) is 43.4 Å². The molecular formula is C24H27FN4O4S. The van der Waals surface area contributed by atoms with Crippen molar-refractivity contribution in [2.75, 3.05) is 18.0 Å². The number of carboxylic acids is 1. The van der Waals surface area contributed by atoms with E-state index in [1.165, 1.54) is 4.40 Å². The maximum Gasteiger partial charge on any atom is 0.364 e. The number of halogens is 1. The lowest BCUT2D eigenvalue weighted by Crippen LogP contribution is -2.40. The van der Waals surface area contributed by atoms with Crippen LogP contribution >= 0.6 is 11.3 Å². The van der Waals surface area contributed by atoms with E-state index < -0.39 is 23.5 Å². The Morgan fingerprint density at radius 3 is 2.82 bits per heavy atom. The number of aryl methyl sites for hydroxylation is 2. The molecule has 10 heteroatoms. The summed E-state index contributed by atoms with van der Waals surface area (Å²) in [6, 6.07) is 3.61. The lowest BCUT2D eigenvalue weighted by atomic mass is 10.1. The summed E-state index contributed by atoms with van der Waals surface area (Å²) in [6.45, 7) is 4.98. The molecule has 0 radical (unpaired) electrons. The molecule has 8 nitrogen and oxygen atoms in total. The summed E-state index contributed by atoms with van der Waals surface area (Å²) < 4.78 is 15.3. The van der Waals surface area contributed by atoms with Crippen LogP contribution in [0.5, 0.6) is 0 Å². The average Bonchev–Trinajstić information content (AvgIpc) is 3.28. The third kappa shape index (κ3) is 5.18. The molecule has 0 bridgehead atoms. The molecule has 0 saturated carbocycles. The van der Waals surface area contributed by atoms with Crippen molar-refractivity contribution in [1.82, 2.24) is 14.4 Å². The van der Waals surface area contributed by atoms with Crippen molar-refractivity contribution in [2.45, 2.75) is 51.6 Å². The summed E-state index contributed by atoms with van der Waals surface area (Å²) in [7, 11) is 0. The number of carbonyl (C=O) groups is 1. The molecule has 4 rings (SSSR count). The van der Waals surface area contributed by atoms with Gasteiger partial charge in [-0.05, 0) is 49.0 Å². The minimum absolute atomic E-state index is 0.150. The van der Waals surface area contributed by atoms with Crippen molar-refractivity contribution < 1.29 is 19.4 Å². The number of aromatic nitrogens is 3. The first-order valence-electron chi connectivity index (χ1n) is 11.3. The molecule has 1 fully saturated rings. The number of carboxylic acid groups (broad SMARTS) is 1. The van der Waals surface area contributed by atoms with Gasteiger partial charge in [0.15, 0.2) is 0 Å². The van der Waals surface area contributed by atoms with Crippen LogP contribution in [0.25, 0.3) is 11.7 Å². The molecule has 3 aromatic rings. The highest BCUT2D eigenvalue weighted by molar-refractivity contribution is 7.09. The van der Waals surface area contributed by atoms with Gasteiger partial charge in [-0.3, -0.25) is 9.20 Å². The molecule has 4 heterocycles. The van der Waals surface area contributed by atoms with Crippen molar-refractivity contribution in [3.05, 3.63) is 61.7 Å². The van der Waals surface area contributed by atoms with Gasteiger partial charge in [-0.2, -0.15) is 4.39 Å². The van der Waals surface area contributed by atoms with Crippen LogP contribution < -0.4 is 10.5 Å². The molecule has 180 valence electrons. The topological polar surface area (TPSA) is 108 Å². The molecule has 1 aliphatic heterocycles. The van der Waals surface area contributed by atoms with Gasteiger partial charge in [0.2, 0.25) is 5.83 Å². The number of pyridine rings is 1. The van der Waals surface area contributed by atoms with E-state index in [2.05, 4.69) is 29.2 Å². The van der Waals surface area contributed by atoms with Crippen LogP contribution in [-0.2, 0) is 17.6 Å². The van der Waals surface area contributed by atoms with E-state index in [-0.39, 0.29) is 17.9 Å². The van der Waals surface area contributed by atoms with Gasteiger partial charge in [0.25, 0.3) is 5.56 Å². The van der Waals surface area contributed by atoms with Crippen LogP contribution in [0.3, 0.4) is 0 Å². The van der Waals surface area contributed by atoms with E-state index in [4.69, 9.17) is 5.11 Å². The molecule has 2 N–H and O–H groups in total. The number of piperidine rings is 1. The number of fused-ring (bicyclic) bond motifs is 1. The van der Waals surface area contributed by atoms with Crippen molar-refractivity contribution in [2.24, 2.45) is 0 Å². The second kappa shape index (κ2) is 10.0. The molecule has 34 heavy (non-hydrogen) atoms. The molecule has 0 aromatic carbocycles. The van der Waals surface area contributed by atoms with Crippen LogP contribution in [-0.4, -0.2) is 49.7 Å². The van der Waals surface area contributed by atoms with Crippen molar-refractivity contribution in [1.29, 1.82) is 0 Å². The van der Waals surface area contributed by atoms with Crippen LogP contribution in [0.4, 0.5) is 10.2 Å². The van der Waals surface area contributed by atoms with E-state index >= 15 is 0 Å².